The van der Waals surface area contributed by atoms with Crippen molar-refractivity contribution >= 4 is 17.3 Å². The van der Waals surface area contributed by atoms with Crippen LogP contribution in [-0.4, -0.2) is 31.5 Å². The third kappa shape index (κ3) is 4.37. The molecule has 0 spiro atoms. The monoisotopic (exact) mass is 499 g/mol. The summed E-state index contributed by atoms with van der Waals surface area (Å²) >= 11 is 0. The van der Waals surface area contributed by atoms with Gasteiger partial charge in [-0.1, -0.05) is 66.7 Å². The molecular weight excluding hydrogens is 470 g/mol. The average Bonchev–Trinajstić information content (AvgIpc) is 3.42. The highest BCUT2D eigenvalue weighted by atomic mass is 16.4. The number of rotatable bonds is 5. The van der Waals surface area contributed by atoms with Crippen molar-refractivity contribution < 1.29 is 9.21 Å². The largest absolute Gasteiger partial charge is 0.435 e. The summed E-state index contributed by atoms with van der Waals surface area (Å²) < 4.78 is 6.48. The highest BCUT2D eigenvalue weighted by molar-refractivity contribution is 6.09. The smallest absolute Gasteiger partial charge is 0.280 e. The molecule has 188 valence electrons. The van der Waals surface area contributed by atoms with Gasteiger partial charge in [0, 0.05) is 43.1 Å². The van der Waals surface area contributed by atoms with Crippen LogP contribution in [0, 0.1) is 0 Å². The second-order valence-electron chi connectivity index (χ2n) is 9.74. The van der Waals surface area contributed by atoms with E-state index in [9.17, 15) is 4.79 Å². The molecule has 1 amide bonds. The highest BCUT2D eigenvalue weighted by Gasteiger charge is 2.30. The lowest BCUT2D eigenvalue weighted by Crippen LogP contribution is -2.35. The number of aryl methyl sites for hydroxylation is 1. The second-order valence-corrected chi connectivity index (χ2v) is 9.74. The van der Waals surface area contributed by atoms with Crippen LogP contribution in [0.1, 0.15) is 22.5 Å². The maximum absolute atomic E-state index is 14.1. The summed E-state index contributed by atoms with van der Waals surface area (Å²) in [7, 11) is 4.01. The zero-order chi connectivity index (χ0) is 26.1. The number of amides is 1. The third-order valence-electron chi connectivity index (χ3n) is 7.07. The molecule has 0 N–H and O–H groups in total. The van der Waals surface area contributed by atoms with Crippen LogP contribution in [0.4, 0.5) is 11.4 Å². The molecule has 5 nitrogen and oxygen atoms in total. The molecule has 1 aromatic heterocycles. The molecule has 2 heterocycles. The van der Waals surface area contributed by atoms with Gasteiger partial charge in [0.25, 0.3) is 5.91 Å². The topological polar surface area (TPSA) is 49.6 Å². The minimum Gasteiger partial charge on any atom is -0.435 e. The van der Waals surface area contributed by atoms with Crippen LogP contribution in [0.5, 0.6) is 0 Å². The Labute approximate surface area is 223 Å². The molecule has 0 aliphatic carbocycles. The third-order valence-corrected chi connectivity index (χ3v) is 7.07. The van der Waals surface area contributed by atoms with Gasteiger partial charge in [-0.3, -0.25) is 4.79 Å². The fraction of sp³-hybridized carbons (Fsp3) is 0.152. The van der Waals surface area contributed by atoms with Gasteiger partial charge >= 0.3 is 0 Å². The molecule has 0 radical (unpaired) electrons. The maximum atomic E-state index is 14.1. The number of anilines is 2. The summed E-state index contributed by atoms with van der Waals surface area (Å²) in [4.78, 5) is 22.9. The first kappa shape index (κ1) is 23.7. The summed E-state index contributed by atoms with van der Waals surface area (Å²) in [5.74, 6) is 0.780. The zero-order valence-electron chi connectivity index (χ0n) is 21.6. The molecule has 4 aromatic carbocycles. The number of carbonyl (C=O) groups excluding carboxylic acids is 1. The van der Waals surface area contributed by atoms with E-state index < -0.39 is 0 Å². The highest BCUT2D eigenvalue weighted by Crippen LogP contribution is 2.37. The quantitative estimate of drug-likeness (QED) is 0.254. The molecule has 5 heteroatoms. The van der Waals surface area contributed by atoms with E-state index in [0.717, 1.165) is 46.5 Å². The lowest BCUT2D eigenvalue weighted by Gasteiger charge is -2.29. The summed E-state index contributed by atoms with van der Waals surface area (Å²) in [6.07, 6.45) is 1.88. The SMILES string of the molecule is CN(C)c1ccc(-c2oc(-c3ccccc3-c3ccccc3)nc2C(=O)N2CCCc3ccccc32)cc1. The molecule has 0 fully saturated rings. The predicted molar refractivity (Wildman–Crippen MR) is 154 cm³/mol. The van der Waals surface area contributed by atoms with E-state index >= 15 is 0 Å². The van der Waals surface area contributed by atoms with Crippen molar-refractivity contribution in [1.29, 1.82) is 0 Å². The molecule has 1 aliphatic rings. The van der Waals surface area contributed by atoms with E-state index in [1.807, 2.05) is 103 Å². The molecule has 0 saturated heterocycles. The van der Waals surface area contributed by atoms with Crippen LogP contribution in [0.2, 0.25) is 0 Å². The fourth-order valence-corrected chi connectivity index (χ4v) is 5.10. The van der Waals surface area contributed by atoms with Crippen molar-refractivity contribution in [3.63, 3.8) is 0 Å². The van der Waals surface area contributed by atoms with Gasteiger partial charge in [-0.2, -0.15) is 0 Å². The van der Waals surface area contributed by atoms with E-state index in [4.69, 9.17) is 9.40 Å². The molecule has 0 bridgehead atoms. The summed E-state index contributed by atoms with van der Waals surface area (Å²) in [6, 6.07) is 34.4. The normalized spacial score (nSPS) is 12.7. The van der Waals surface area contributed by atoms with Gasteiger partial charge in [0.15, 0.2) is 11.5 Å². The van der Waals surface area contributed by atoms with Crippen LogP contribution in [0.3, 0.4) is 0 Å². The molecule has 1 aliphatic heterocycles. The molecule has 0 unspecified atom stereocenters. The lowest BCUT2D eigenvalue weighted by atomic mass is 10.00. The zero-order valence-corrected chi connectivity index (χ0v) is 21.6. The minimum atomic E-state index is -0.143. The van der Waals surface area contributed by atoms with Crippen molar-refractivity contribution in [2.24, 2.45) is 0 Å². The van der Waals surface area contributed by atoms with E-state index in [1.54, 1.807) is 0 Å². The lowest BCUT2D eigenvalue weighted by molar-refractivity contribution is 0.0981. The number of nitrogens with zero attached hydrogens (tertiary/aromatic N) is 3. The van der Waals surface area contributed by atoms with Gasteiger partial charge in [-0.15, -0.1) is 0 Å². The number of aromatic nitrogens is 1. The summed E-state index contributed by atoms with van der Waals surface area (Å²) in [5.41, 5.74) is 7.28. The van der Waals surface area contributed by atoms with Crippen molar-refractivity contribution in [3.8, 4) is 33.9 Å². The number of hydrogen-bond acceptors (Lipinski definition) is 4. The van der Waals surface area contributed by atoms with Gasteiger partial charge in [0.1, 0.15) is 0 Å². The average molecular weight is 500 g/mol. The molecule has 38 heavy (non-hydrogen) atoms. The number of benzene rings is 4. The van der Waals surface area contributed by atoms with Crippen LogP contribution in [0.25, 0.3) is 33.9 Å². The number of hydrogen-bond donors (Lipinski definition) is 0. The Balaban J connectivity index is 1.50. The standard InChI is InChI=1S/C33H29N3O2/c1-35(2)26-20-18-25(19-21-26)31-30(33(37)36-22-10-14-24-13-6-9-17-29(24)36)34-32(38-31)28-16-8-7-15-27(28)23-11-4-3-5-12-23/h3-9,11-13,15-21H,10,14,22H2,1-2H3. The fourth-order valence-electron chi connectivity index (χ4n) is 5.10. The molecular formula is C33H29N3O2. The molecule has 0 atom stereocenters. The van der Waals surface area contributed by atoms with Gasteiger partial charge in [-0.05, 0) is 65.9 Å². The Morgan fingerprint density at radius 2 is 1.47 bits per heavy atom. The summed E-state index contributed by atoms with van der Waals surface area (Å²) in [6.45, 7) is 0.650. The van der Waals surface area contributed by atoms with Crippen molar-refractivity contribution in [2.45, 2.75) is 12.8 Å². The number of oxazole rings is 1. The first-order chi connectivity index (χ1) is 18.6. The van der Waals surface area contributed by atoms with Gasteiger partial charge in [-0.25, -0.2) is 4.98 Å². The van der Waals surface area contributed by atoms with Crippen LogP contribution >= 0.6 is 0 Å². The van der Waals surface area contributed by atoms with E-state index in [0.29, 0.717) is 23.9 Å². The van der Waals surface area contributed by atoms with Crippen LogP contribution < -0.4 is 9.80 Å². The first-order valence-electron chi connectivity index (χ1n) is 12.9. The van der Waals surface area contributed by atoms with E-state index in [-0.39, 0.29) is 5.91 Å². The Kier molecular flexibility index (Phi) is 6.26. The van der Waals surface area contributed by atoms with E-state index in [2.05, 4.69) is 24.3 Å². The maximum Gasteiger partial charge on any atom is 0.280 e. The van der Waals surface area contributed by atoms with Gasteiger partial charge < -0.3 is 14.2 Å². The second kappa shape index (κ2) is 10.0. The summed E-state index contributed by atoms with van der Waals surface area (Å²) in [5, 5.41) is 0. The molecule has 0 saturated carbocycles. The van der Waals surface area contributed by atoms with Crippen molar-refractivity contribution in [3.05, 3.63) is 114 Å². The Morgan fingerprint density at radius 1 is 0.789 bits per heavy atom. The molecule has 5 aromatic rings. The van der Waals surface area contributed by atoms with Crippen LogP contribution in [-0.2, 0) is 6.42 Å². The van der Waals surface area contributed by atoms with Crippen molar-refractivity contribution in [2.75, 3.05) is 30.4 Å². The Bertz CT molecular complexity index is 1590. The number of para-hydroxylation sites is 1. The van der Waals surface area contributed by atoms with Gasteiger partial charge in [0.05, 0.1) is 0 Å². The van der Waals surface area contributed by atoms with E-state index in [1.165, 1.54) is 5.56 Å². The van der Waals surface area contributed by atoms with Crippen molar-refractivity contribution in [1.82, 2.24) is 4.98 Å². The number of fused-ring (bicyclic) bond motifs is 1. The molecule has 6 rings (SSSR count). The van der Waals surface area contributed by atoms with Crippen LogP contribution in [0.15, 0.2) is 108 Å². The Hall–Kier alpha value is -4.64. The first-order valence-corrected chi connectivity index (χ1v) is 12.9. The van der Waals surface area contributed by atoms with Gasteiger partial charge in [0.2, 0.25) is 5.89 Å². The Morgan fingerprint density at radius 3 is 2.24 bits per heavy atom. The minimum absolute atomic E-state index is 0.143. The number of carbonyl (C=O) groups is 1. The predicted octanol–water partition coefficient (Wildman–Crippen LogP) is 7.33.